The molecule has 3 N–H and O–H groups in total. The first-order valence-electron chi connectivity index (χ1n) is 5.78. The van der Waals surface area contributed by atoms with Gasteiger partial charge in [0.2, 0.25) is 0 Å². The molecule has 0 unspecified atom stereocenters. The summed E-state index contributed by atoms with van der Waals surface area (Å²) in [6.45, 7) is 2.41. The summed E-state index contributed by atoms with van der Waals surface area (Å²) in [6, 6.07) is 6.92. The molecule has 100 valence electrons. The molecule has 1 aromatic heterocycles. The lowest BCUT2D eigenvalue weighted by Crippen LogP contribution is -2.23. The number of amides is 1. The smallest absolute Gasteiger partial charge is 0.292 e. The van der Waals surface area contributed by atoms with Crippen molar-refractivity contribution in [3.05, 3.63) is 36.0 Å². The number of aromatic nitrogens is 2. The Morgan fingerprint density at radius 1 is 1.42 bits per heavy atom. The lowest BCUT2D eigenvalue weighted by molar-refractivity contribution is 0.0942. The molecule has 0 radical (unpaired) electrons. The summed E-state index contributed by atoms with van der Waals surface area (Å²) >= 11 is 0. The maximum absolute atomic E-state index is 11.4. The minimum atomic E-state index is -0.370. The number of carbonyl (C=O) groups is 1. The van der Waals surface area contributed by atoms with E-state index in [1.807, 2.05) is 6.92 Å². The number of hydrogen-bond donors (Lipinski definition) is 2. The molecule has 0 fully saturated rings. The van der Waals surface area contributed by atoms with Crippen LogP contribution in [0.15, 0.2) is 28.8 Å². The Morgan fingerprint density at radius 2 is 2.16 bits per heavy atom. The van der Waals surface area contributed by atoms with Crippen LogP contribution in [0.5, 0.6) is 5.75 Å². The normalized spacial score (nSPS) is 10.2. The molecule has 1 heterocycles. The van der Waals surface area contributed by atoms with Gasteiger partial charge < -0.3 is 20.3 Å². The van der Waals surface area contributed by atoms with E-state index in [9.17, 15) is 4.79 Å². The molecule has 2 aromatic rings. The third-order valence-corrected chi connectivity index (χ3v) is 2.25. The van der Waals surface area contributed by atoms with Crippen molar-refractivity contribution in [1.29, 1.82) is 0 Å². The van der Waals surface area contributed by atoms with Crippen molar-refractivity contribution < 1.29 is 14.1 Å². The first-order chi connectivity index (χ1) is 9.19. The molecular weight excluding hydrogens is 248 g/mol. The number of nitrogen functional groups attached to an aromatic ring is 1. The lowest BCUT2D eigenvalue weighted by atomic mass is 10.3. The maximum atomic E-state index is 11.4. The van der Waals surface area contributed by atoms with Gasteiger partial charge >= 0.3 is 0 Å². The minimum absolute atomic E-state index is 0.00208. The fourth-order valence-corrected chi connectivity index (χ4v) is 1.35. The second kappa shape index (κ2) is 5.85. The number of nitrogens with one attached hydrogen (secondary N) is 1. The highest BCUT2D eigenvalue weighted by Crippen LogP contribution is 2.14. The van der Waals surface area contributed by atoms with Crippen LogP contribution in [-0.4, -0.2) is 22.6 Å². The summed E-state index contributed by atoms with van der Waals surface area (Å²) in [4.78, 5) is 15.3. The fourth-order valence-electron chi connectivity index (χ4n) is 1.35. The summed E-state index contributed by atoms with van der Waals surface area (Å²) in [6.07, 6.45) is 0. The number of ether oxygens (including phenoxy) is 1. The van der Waals surface area contributed by atoms with E-state index in [0.717, 1.165) is 0 Å². The number of nitrogens with two attached hydrogens (primary N) is 1. The highest BCUT2D eigenvalue weighted by atomic mass is 16.5. The van der Waals surface area contributed by atoms with Crippen LogP contribution in [0.4, 0.5) is 5.69 Å². The van der Waals surface area contributed by atoms with Crippen molar-refractivity contribution in [1.82, 2.24) is 15.5 Å². The van der Waals surface area contributed by atoms with E-state index in [1.54, 1.807) is 24.3 Å². The van der Waals surface area contributed by atoms with E-state index in [2.05, 4.69) is 15.5 Å². The first kappa shape index (κ1) is 12.9. The molecule has 0 aliphatic carbocycles. The minimum Gasteiger partial charge on any atom is -0.484 e. The van der Waals surface area contributed by atoms with Gasteiger partial charge in [0.15, 0.2) is 6.61 Å². The molecule has 1 aromatic carbocycles. The van der Waals surface area contributed by atoms with E-state index in [-0.39, 0.29) is 24.2 Å². The third kappa shape index (κ3) is 3.44. The van der Waals surface area contributed by atoms with Crippen LogP contribution < -0.4 is 15.8 Å². The van der Waals surface area contributed by atoms with Crippen LogP contribution in [0.25, 0.3) is 0 Å². The SMILES string of the molecule is CCNC(=O)c1noc(COc2ccc(N)cc2)n1. The Balaban J connectivity index is 1.93. The molecule has 0 aliphatic heterocycles. The molecular formula is C12H14N4O3. The summed E-state index contributed by atoms with van der Waals surface area (Å²) in [5, 5.41) is 6.14. The third-order valence-electron chi connectivity index (χ3n) is 2.25. The van der Waals surface area contributed by atoms with E-state index in [1.165, 1.54) is 0 Å². The number of rotatable bonds is 5. The molecule has 0 spiro atoms. The van der Waals surface area contributed by atoms with Crippen LogP contribution >= 0.6 is 0 Å². The van der Waals surface area contributed by atoms with Crippen LogP contribution in [0.3, 0.4) is 0 Å². The molecule has 0 bridgehead atoms. The zero-order chi connectivity index (χ0) is 13.7. The van der Waals surface area contributed by atoms with Gasteiger partial charge in [-0.05, 0) is 31.2 Å². The first-order valence-corrected chi connectivity index (χ1v) is 5.78. The van der Waals surface area contributed by atoms with Gasteiger partial charge in [0, 0.05) is 12.2 Å². The van der Waals surface area contributed by atoms with Crippen LogP contribution in [0.2, 0.25) is 0 Å². The Bertz CT molecular complexity index is 550. The van der Waals surface area contributed by atoms with Crippen LogP contribution in [-0.2, 0) is 6.61 Å². The molecule has 0 saturated carbocycles. The number of nitrogens with zero attached hydrogens (tertiary/aromatic N) is 2. The Morgan fingerprint density at radius 3 is 2.84 bits per heavy atom. The monoisotopic (exact) mass is 262 g/mol. The molecule has 19 heavy (non-hydrogen) atoms. The van der Waals surface area contributed by atoms with Crippen molar-refractivity contribution in [2.45, 2.75) is 13.5 Å². The van der Waals surface area contributed by atoms with Crippen molar-refractivity contribution in [3.63, 3.8) is 0 Å². The van der Waals surface area contributed by atoms with Gasteiger partial charge in [0.05, 0.1) is 0 Å². The standard InChI is InChI=1S/C12H14N4O3/c1-2-14-12(17)11-15-10(19-16-11)7-18-9-5-3-8(13)4-6-9/h3-6H,2,7,13H2,1H3,(H,14,17). The van der Waals surface area contributed by atoms with Gasteiger partial charge in [-0.1, -0.05) is 5.16 Å². The molecule has 1 amide bonds. The van der Waals surface area contributed by atoms with Crippen molar-refractivity contribution in [2.24, 2.45) is 0 Å². The van der Waals surface area contributed by atoms with Crippen molar-refractivity contribution in [2.75, 3.05) is 12.3 Å². The van der Waals surface area contributed by atoms with Crippen molar-refractivity contribution >= 4 is 11.6 Å². The zero-order valence-electron chi connectivity index (χ0n) is 10.4. The van der Waals surface area contributed by atoms with Gasteiger partial charge in [-0.15, -0.1) is 0 Å². The predicted octanol–water partition coefficient (Wildman–Crippen LogP) is 0.981. The Labute approximate surface area is 109 Å². The number of carbonyl (C=O) groups excluding carboxylic acids is 1. The van der Waals surface area contributed by atoms with Crippen LogP contribution in [0.1, 0.15) is 23.4 Å². The van der Waals surface area contributed by atoms with Gasteiger partial charge in [0.1, 0.15) is 5.75 Å². The lowest BCUT2D eigenvalue weighted by Gasteiger charge is -2.02. The maximum Gasteiger partial charge on any atom is 0.292 e. The summed E-state index contributed by atoms with van der Waals surface area (Å²) in [7, 11) is 0. The second-order valence-corrected chi connectivity index (χ2v) is 3.73. The highest BCUT2D eigenvalue weighted by molar-refractivity contribution is 5.90. The topological polar surface area (TPSA) is 103 Å². The van der Waals surface area contributed by atoms with E-state index >= 15 is 0 Å². The number of benzene rings is 1. The summed E-state index contributed by atoms with van der Waals surface area (Å²) < 4.78 is 10.3. The predicted molar refractivity (Wildman–Crippen MR) is 67.5 cm³/mol. The van der Waals surface area contributed by atoms with E-state index in [4.69, 9.17) is 15.0 Å². The number of hydrogen-bond acceptors (Lipinski definition) is 6. The van der Waals surface area contributed by atoms with Gasteiger partial charge in [-0.25, -0.2) is 0 Å². The van der Waals surface area contributed by atoms with Gasteiger partial charge in [-0.3, -0.25) is 4.79 Å². The largest absolute Gasteiger partial charge is 0.484 e. The average Bonchev–Trinajstić information content (AvgIpc) is 2.87. The van der Waals surface area contributed by atoms with E-state index < -0.39 is 0 Å². The quantitative estimate of drug-likeness (QED) is 0.778. The van der Waals surface area contributed by atoms with Crippen molar-refractivity contribution in [3.8, 4) is 5.75 Å². The molecule has 2 rings (SSSR count). The average molecular weight is 262 g/mol. The second-order valence-electron chi connectivity index (χ2n) is 3.73. The van der Waals surface area contributed by atoms with Gasteiger partial charge in [-0.2, -0.15) is 4.98 Å². The molecule has 7 nitrogen and oxygen atoms in total. The Kier molecular flexibility index (Phi) is 3.97. The molecule has 0 atom stereocenters. The van der Waals surface area contributed by atoms with E-state index in [0.29, 0.717) is 18.0 Å². The summed E-state index contributed by atoms with van der Waals surface area (Å²) in [5.41, 5.74) is 6.21. The summed E-state index contributed by atoms with van der Waals surface area (Å²) in [5.74, 6) is 0.493. The Hall–Kier alpha value is -2.57. The fraction of sp³-hybridized carbons (Fsp3) is 0.250. The van der Waals surface area contributed by atoms with Crippen LogP contribution in [0, 0.1) is 0 Å². The number of anilines is 1. The molecule has 7 heteroatoms. The zero-order valence-corrected chi connectivity index (χ0v) is 10.4. The highest BCUT2D eigenvalue weighted by Gasteiger charge is 2.13. The molecule has 0 saturated heterocycles. The molecule has 0 aliphatic rings. The van der Waals surface area contributed by atoms with Gasteiger partial charge in [0.25, 0.3) is 17.6 Å².